The lowest BCUT2D eigenvalue weighted by molar-refractivity contribution is -0.127. The minimum Gasteiger partial charge on any atom is -0.273 e. The molecule has 0 aromatic heterocycles. The average molecular weight is 317 g/mol. The van der Waals surface area contributed by atoms with Crippen molar-refractivity contribution in [1.82, 2.24) is 5.48 Å². The first-order valence-corrected chi connectivity index (χ1v) is 7.78. The molecule has 2 amide bonds. The molecule has 1 heterocycles. The fourth-order valence-electron chi connectivity index (χ4n) is 2.19. The number of hydrogen-bond donors (Lipinski definition) is 1. The molecule has 6 nitrogen and oxygen atoms in total. The molecule has 6 heteroatoms. The fourth-order valence-corrected chi connectivity index (χ4v) is 2.19. The Hall–Kier alpha value is -2.21. The van der Waals surface area contributed by atoms with E-state index in [2.05, 4.69) is 10.6 Å². The number of amides is 2. The third kappa shape index (κ3) is 4.39. The van der Waals surface area contributed by atoms with Crippen LogP contribution >= 0.6 is 0 Å². The van der Waals surface area contributed by atoms with Crippen LogP contribution in [-0.2, 0) is 14.4 Å². The van der Waals surface area contributed by atoms with Crippen molar-refractivity contribution in [3.8, 4) is 0 Å². The van der Waals surface area contributed by atoms with Crippen LogP contribution in [0.15, 0.2) is 23.3 Å². The van der Waals surface area contributed by atoms with E-state index in [-0.39, 0.29) is 12.3 Å². The molecule has 1 aliphatic heterocycles. The van der Waals surface area contributed by atoms with Gasteiger partial charge in [0.2, 0.25) is 5.91 Å². The molecule has 0 bridgehead atoms. The second-order valence-electron chi connectivity index (χ2n) is 6.18. The molecule has 0 spiro atoms. The minimum absolute atomic E-state index is 0.113. The predicted octanol–water partition coefficient (Wildman–Crippen LogP) is 2.49. The van der Waals surface area contributed by atoms with Crippen molar-refractivity contribution in [3.63, 3.8) is 0 Å². The zero-order valence-electron chi connectivity index (χ0n) is 14.0. The maximum atomic E-state index is 12.2. The highest BCUT2D eigenvalue weighted by atomic mass is 16.6. The SMILES string of the molecule is Cc1ccc(C)c(N2N=C(C(=O)NOCC(C)C)CCC2=O)c1. The molecule has 1 N–H and O–H groups in total. The maximum Gasteiger partial charge on any atom is 0.291 e. The van der Waals surface area contributed by atoms with E-state index in [4.69, 9.17) is 4.84 Å². The Labute approximate surface area is 136 Å². The van der Waals surface area contributed by atoms with Crippen molar-refractivity contribution in [3.05, 3.63) is 29.3 Å². The summed E-state index contributed by atoms with van der Waals surface area (Å²) in [5.41, 5.74) is 5.37. The lowest BCUT2D eigenvalue weighted by Crippen LogP contribution is -2.39. The molecule has 124 valence electrons. The predicted molar refractivity (Wildman–Crippen MR) is 89.0 cm³/mol. The van der Waals surface area contributed by atoms with E-state index in [1.54, 1.807) is 0 Å². The third-order valence-electron chi connectivity index (χ3n) is 3.47. The Balaban J connectivity index is 2.18. The van der Waals surface area contributed by atoms with Gasteiger partial charge in [-0.25, -0.2) is 10.5 Å². The number of carbonyl (C=O) groups is 2. The van der Waals surface area contributed by atoms with Gasteiger partial charge in [-0.3, -0.25) is 14.4 Å². The molecule has 0 saturated heterocycles. The van der Waals surface area contributed by atoms with E-state index in [1.807, 2.05) is 45.9 Å². The summed E-state index contributed by atoms with van der Waals surface area (Å²) in [6.45, 7) is 8.28. The van der Waals surface area contributed by atoms with E-state index >= 15 is 0 Å². The Kier molecular flexibility index (Phi) is 5.50. The van der Waals surface area contributed by atoms with Gasteiger partial charge in [0.1, 0.15) is 5.71 Å². The summed E-state index contributed by atoms with van der Waals surface area (Å²) in [4.78, 5) is 29.4. The number of aryl methyl sites for hydroxylation is 2. The van der Waals surface area contributed by atoms with E-state index in [9.17, 15) is 9.59 Å². The van der Waals surface area contributed by atoms with Gasteiger partial charge in [0.15, 0.2) is 0 Å². The monoisotopic (exact) mass is 317 g/mol. The van der Waals surface area contributed by atoms with Crippen LogP contribution < -0.4 is 10.5 Å². The lowest BCUT2D eigenvalue weighted by Gasteiger charge is -2.24. The summed E-state index contributed by atoms with van der Waals surface area (Å²) in [6, 6.07) is 5.81. The number of hydrogen-bond acceptors (Lipinski definition) is 4. The molecule has 23 heavy (non-hydrogen) atoms. The van der Waals surface area contributed by atoms with Crippen molar-refractivity contribution in [2.24, 2.45) is 11.0 Å². The highest BCUT2D eigenvalue weighted by Gasteiger charge is 2.26. The van der Waals surface area contributed by atoms with Gasteiger partial charge < -0.3 is 0 Å². The van der Waals surface area contributed by atoms with Gasteiger partial charge in [0.05, 0.1) is 12.3 Å². The zero-order chi connectivity index (χ0) is 17.0. The van der Waals surface area contributed by atoms with Gasteiger partial charge in [-0.2, -0.15) is 5.10 Å². The van der Waals surface area contributed by atoms with E-state index in [1.165, 1.54) is 5.01 Å². The van der Waals surface area contributed by atoms with Gasteiger partial charge >= 0.3 is 0 Å². The summed E-state index contributed by atoms with van der Waals surface area (Å²) in [5.74, 6) is -0.191. The van der Waals surface area contributed by atoms with Crippen LogP contribution in [0.3, 0.4) is 0 Å². The van der Waals surface area contributed by atoms with Gasteiger partial charge in [0, 0.05) is 12.8 Å². The lowest BCUT2D eigenvalue weighted by atomic mass is 10.1. The van der Waals surface area contributed by atoms with Gasteiger partial charge in [-0.05, 0) is 37.0 Å². The van der Waals surface area contributed by atoms with Crippen LogP contribution in [0.4, 0.5) is 5.69 Å². The molecule has 0 unspecified atom stereocenters. The van der Waals surface area contributed by atoms with Gasteiger partial charge in [0.25, 0.3) is 5.91 Å². The second-order valence-corrected chi connectivity index (χ2v) is 6.18. The van der Waals surface area contributed by atoms with Crippen molar-refractivity contribution in [2.75, 3.05) is 11.6 Å². The average Bonchev–Trinajstić information content (AvgIpc) is 2.50. The number of nitrogens with one attached hydrogen (secondary N) is 1. The smallest absolute Gasteiger partial charge is 0.273 e. The molecular formula is C17H23N3O3. The number of carbonyl (C=O) groups excluding carboxylic acids is 2. The van der Waals surface area contributed by atoms with Gasteiger partial charge in [-0.1, -0.05) is 26.0 Å². The van der Waals surface area contributed by atoms with Crippen molar-refractivity contribution in [2.45, 2.75) is 40.5 Å². The summed E-state index contributed by atoms with van der Waals surface area (Å²) in [6.07, 6.45) is 0.570. The van der Waals surface area contributed by atoms with Crippen molar-refractivity contribution < 1.29 is 14.4 Å². The number of hydroxylamine groups is 1. The standard InChI is InChI=1S/C17H23N3O3/c1-11(2)10-23-19-17(22)14-7-8-16(21)20(18-14)15-9-12(3)5-6-13(15)4/h5-6,9,11H,7-8,10H2,1-4H3,(H,19,22). The largest absolute Gasteiger partial charge is 0.291 e. The normalized spacial score (nSPS) is 14.9. The fraction of sp³-hybridized carbons (Fsp3) is 0.471. The number of nitrogens with zero attached hydrogens (tertiary/aromatic N) is 2. The topological polar surface area (TPSA) is 71.0 Å². The summed E-state index contributed by atoms with van der Waals surface area (Å²) in [5, 5.41) is 5.56. The first kappa shape index (κ1) is 17.1. The molecule has 1 aliphatic rings. The number of anilines is 1. The Morgan fingerprint density at radius 1 is 1.35 bits per heavy atom. The van der Waals surface area contributed by atoms with E-state index in [0.717, 1.165) is 11.1 Å². The van der Waals surface area contributed by atoms with Crippen LogP contribution in [0.5, 0.6) is 0 Å². The van der Waals surface area contributed by atoms with Crippen LogP contribution in [0.1, 0.15) is 37.8 Å². The molecule has 0 fully saturated rings. The number of rotatable bonds is 5. The summed E-state index contributed by atoms with van der Waals surface area (Å²) >= 11 is 0. The number of benzene rings is 1. The molecule has 1 aromatic carbocycles. The first-order valence-electron chi connectivity index (χ1n) is 7.78. The highest BCUT2D eigenvalue weighted by molar-refractivity contribution is 6.40. The molecule has 0 radical (unpaired) electrons. The zero-order valence-corrected chi connectivity index (χ0v) is 14.0. The van der Waals surface area contributed by atoms with Crippen LogP contribution in [-0.4, -0.2) is 24.1 Å². The van der Waals surface area contributed by atoms with E-state index in [0.29, 0.717) is 30.3 Å². The quantitative estimate of drug-likeness (QED) is 0.848. The first-order chi connectivity index (χ1) is 10.9. The summed E-state index contributed by atoms with van der Waals surface area (Å²) < 4.78 is 0. The Morgan fingerprint density at radius 3 is 2.78 bits per heavy atom. The van der Waals surface area contributed by atoms with Crippen LogP contribution in [0.2, 0.25) is 0 Å². The van der Waals surface area contributed by atoms with E-state index < -0.39 is 5.91 Å². The molecular weight excluding hydrogens is 294 g/mol. The molecule has 1 aromatic rings. The second kappa shape index (κ2) is 7.37. The molecule has 0 saturated carbocycles. The molecule has 0 atom stereocenters. The Bertz CT molecular complexity index is 638. The maximum absolute atomic E-state index is 12.2. The van der Waals surface area contributed by atoms with Crippen molar-refractivity contribution >= 4 is 23.2 Å². The minimum atomic E-state index is -0.395. The third-order valence-corrected chi connectivity index (χ3v) is 3.47. The van der Waals surface area contributed by atoms with Gasteiger partial charge in [-0.15, -0.1) is 0 Å². The molecule has 2 rings (SSSR count). The van der Waals surface area contributed by atoms with Crippen LogP contribution in [0, 0.1) is 19.8 Å². The highest BCUT2D eigenvalue weighted by Crippen LogP contribution is 2.25. The summed E-state index contributed by atoms with van der Waals surface area (Å²) in [7, 11) is 0. The molecule has 0 aliphatic carbocycles. The van der Waals surface area contributed by atoms with Crippen molar-refractivity contribution in [1.29, 1.82) is 0 Å². The van der Waals surface area contributed by atoms with Crippen LogP contribution in [0.25, 0.3) is 0 Å². The Morgan fingerprint density at radius 2 is 2.09 bits per heavy atom. The number of hydrazone groups is 1.